The van der Waals surface area contributed by atoms with Crippen LogP contribution < -0.4 is 5.32 Å². The molecule has 3 aromatic rings. The number of carbonyl (C=O) groups excluding carboxylic acids is 1. The number of aromatic nitrogens is 2. The third-order valence-corrected chi connectivity index (χ3v) is 3.01. The fourth-order valence-corrected chi connectivity index (χ4v) is 2.05. The van der Waals surface area contributed by atoms with Gasteiger partial charge in [0, 0.05) is 41.5 Å². The van der Waals surface area contributed by atoms with Gasteiger partial charge in [-0.2, -0.15) is 0 Å². The van der Waals surface area contributed by atoms with Crippen molar-refractivity contribution in [3.63, 3.8) is 0 Å². The highest BCUT2D eigenvalue weighted by Crippen LogP contribution is 2.14. The number of aromatic amines is 1. The normalized spacial score (nSPS) is 9.95. The lowest BCUT2D eigenvalue weighted by atomic mass is 10.1. The van der Waals surface area contributed by atoms with Crippen LogP contribution >= 0.6 is 0 Å². The molecule has 0 unspecified atom stereocenters. The van der Waals surface area contributed by atoms with Gasteiger partial charge in [-0.25, -0.2) is 4.98 Å². The van der Waals surface area contributed by atoms with Crippen LogP contribution in [-0.2, 0) is 4.79 Å². The van der Waals surface area contributed by atoms with Crippen LogP contribution in [0.4, 0.5) is 5.69 Å². The van der Waals surface area contributed by atoms with E-state index in [0.29, 0.717) is 0 Å². The summed E-state index contributed by atoms with van der Waals surface area (Å²) in [6.45, 7) is 1.49. The summed E-state index contributed by atoms with van der Waals surface area (Å²) in [5, 5.41) is 3.74. The van der Waals surface area contributed by atoms with Crippen molar-refractivity contribution in [3.8, 4) is 11.8 Å². The van der Waals surface area contributed by atoms with E-state index in [1.807, 2.05) is 42.6 Å². The zero-order chi connectivity index (χ0) is 14.7. The predicted molar refractivity (Wildman–Crippen MR) is 82.8 cm³/mol. The molecule has 2 heterocycles. The molecule has 0 radical (unpaired) electrons. The van der Waals surface area contributed by atoms with Crippen molar-refractivity contribution in [2.75, 3.05) is 5.32 Å². The minimum Gasteiger partial charge on any atom is -0.346 e. The number of benzene rings is 1. The summed E-state index contributed by atoms with van der Waals surface area (Å²) in [6, 6.07) is 11.3. The number of nitrogens with zero attached hydrogens (tertiary/aromatic N) is 1. The molecule has 0 aliphatic rings. The Kier molecular flexibility index (Phi) is 3.40. The highest BCUT2D eigenvalue weighted by atomic mass is 16.1. The van der Waals surface area contributed by atoms with Gasteiger partial charge in [-0.3, -0.25) is 4.79 Å². The Bertz CT molecular complexity index is 851. The number of hydrogen-bond acceptors (Lipinski definition) is 2. The molecule has 0 bridgehead atoms. The number of anilines is 1. The van der Waals surface area contributed by atoms with Gasteiger partial charge in [-0.1, -0.05) is 11.8 Å². The third kappa shape index (κ3) is 2.93. The smallest absolute Gasteiger partial charge is 0.221 e. The molecule has 3 rings (SSSR count). The van der Waals surface area contributed by atoms with Crippen molar-refractivity contribution in [2.45, 2.75) is 6.92 Å². The molecule has 2 N–H and O–H groups in total. The van der Waals surface area contributed by atoms with Crippen LogP contribution in [0, 0.1) is 11.8 Å². The monoisotopic (exact) mass is 275 g/mol. The first-order valence-electron chi connectivity index (χ1n) is 6.54. The fraction of sp³-hybridized carbons (Fsp3) is 0.0588. The molecule has 0 aliphatic heterocycles. The van der Waals surface area contributed by atoms with Crippen LogP contribution in [0.25, 0.3) is 11.0 Å². The maximum absolute atomic E-state index is 11.0. The molecule has 102 valence electrons. The highest BCUT2D eigenvalue weighted by Gasteiger charge is 1.99. The SMILES string of the molecule is CC(=O)Nc1ccc(C#Cc2ccnc3[nH]ccc23)cc1. The minimum absolute atomic E-state index is 0.0829. The van der Waals surface area contributed by atoms with E-state index in [4.69, 9.17) is 0 Å². The molecule has 0 saturated heterocycles. The topological polar surface area (TPSA) is 57.8 Å². The molecule has 4 nitrogen and oxygen atoms in total. The van der Waals surface area contributed by atoms with Gasteiger partial charge in [0.15, 0.2) is 0 Å². The highest BCUT2D eigenvalue weighted by molar-refractivity contribution is 5.88. The average Bonchev–Trinajstić information content (AvgIpc) is 2.95. The molecule has 0 saturated carbocycles. The van der Waals surface area contributed by atoms with Crippen LogP contribution in [0.1, 0.15) is 18.1 Å². The molecule has 4 heteroatoms. The van der Waals surface area contributed by atoms with Crippen molar-refractivity contribution < 1.29 is 4.79 Å². The van der Waals surface area contributed by atoms with E-state index in [2.05, 4.69) is 27.1 Å². The average molecular weight is 275 g/mol. The van der Waals surface area contributed by atoms with E-state index in [-0.39, 0.29) is 5.91 Å². The van der Waals surface area contributed by atoms with Gasteiger partial charge in [-0.05, 0) is 36.4 Å². The number of H-pyrrole nitrogens is 1. The Balaban J connectivity index is 1.87. The summed E-state index contributed by atoms with van der Waals surface area (Å²) in [5.74, 6) is 6.19. The summed E-state index contributed by atoms with van der Waals surface area (Å²) >= 11 is 0. The summed E-state index contributed by atoms with van der Waals surface area (Å²) in [5.41, 5.74) is 3.43. The van der Waals surface area contributed by atoms with Crippen LogP contribution in [0.15, 0.2) is 48.8 Å². The number of rotatable bonds is 1. The van der Waals surface area contributed by atoms with Gasteiger partial charge in [0.25, 0.3) is 0 Å². The first-order valence-corrected chi connectivity index (χ1v) is 6.54. The third-order valence-electron chi connectivity index (χ3n) is 3.01. The first kappa shape index (κ1) is 12.9. The Morgan fingerprint density at radius 3 is 2.71 bits per heavy atom. The standard InChI is InChI=1S/C17H13N3O/c1-12(21)20-15-6-3-13(4-7-15)2-5-14-8-10-18-17-16(14)9-11-19-17/h3-4,6-11H,1H3,(H,18,19)(H,20,21). The summed E-state index contributed by atoms with van der Waals surface area (Å²) in [7, 11) is 0. The van der Waals surface area contributed by atoms with Crippen molar-refractivity contribution >= 4 is 22.6 Å². The molecule has 0 spiro atoms. The van der Waals surface area contributed by atoms with Gasteiger partial charge in [0.2, 0.25) is 5.91 Å². The summed E-state index contributed by atoms with van der Waals surface area (Å²) < 4.78 is 0. The van der Waals surface area contributed by atoms with Gasteiger partial charge in [0.05, 0.1) is 0 Å². The molecular weight excluding hydrogens is 262 g/mol. The van der Waals surface area contributed by atoms with Crippen molar-refractivity contribution in [1.82, 2.24) is 9.97 Å². The number of nitrogens with one attached hydrogen (secondary N) is 2. The van der Waals surface area contributed by atoms with Gasteiger partial charge < -0.3 is 10.3 Å². The fourth-order valence-electron chi connectivity index (χ4n) is 2.05. The Morgan fingerprint density at radius 2 is 1.95 bits per heavy atom. The lowest BCUT2D eigenvalue weighted by Gasteiger charge is -2.00. The Hall–Kier alpha value is -3.06. The Labute approximate surface area is 122 Å². The zero-order valence-corrected chi connectivity index (χ0v) is 11.5. The van der Waals surface area contributed by atoms with Crippen molar-refractivity contribution in [1.29, 1.82) is 0 Å². The van der Waals surface area contributed by atoms with E-state index in [1.54, 1.807) is 6.20 Å². The maximum atomic E-state index is 11.0. The number of fused-ring (bicyclic) bond motifs is 1. The lowest BCUT2D eigenvalue weighted by Crippen LogP contribution is -2.05. The van der Waals surface area contributed by atoms with Crippen LogP contribution in [0.2, 0.25) is 0 Å². The number of amides is 1. The number of hydrogen-bond donors (Lipinski definition) is 2. The summed E-state index contributed by atoms with van der Waals surface area (Å²) in [6.07, 6.45) is 3.59. The van der Waals surface area contributed by atoms with Gasteiger partial charge >= 0.3 is 0 Å². The van der Waals surface area contributed by atoms with Crippen LogP contribution in [0.3, 0.4) is 0 Å². The van der Waals surface area contributed by atoms with E-state index in [9.17, 15) is 4.79 Å². The van der Waals surface area contributed by atoms with Crippen LogP contribution in [-0.4, -0.2) is 15.9 Å². The minimum atomic E-state index is -0.0829. The molecule has 1 amide bonds. The van der Waals surface area contributed by atoms with Crippen LogP contribution in [0.5, 0.6) is 0 Å². The van der Waals surface area contributed by atoms with E-state index < -0.39 is 0 Å². The molecule has 1 aromatic carbocycles. The molecule has 2 aromatic heterocycles. The quantitative estimate of drug-likeness (QED) is 0.671. The lowest BCUT2D eigenvalue weighted by molar-refractivity contribution is -0.114. The van der Waals surface area contributed by atoms with Crippen molar-refractivity contribution in [2.24, 2.45) is 0 Å². The zero-order valence-electron chi connectivity index (χ0n) is 11.5. The first-order chi connectivity index (χ1) is 10.2. The molecule has 0 atom stereocenters. The second-order valence-electron chi connectivity index (χ2n) is 4.61. The van der Waals surface area contributed by atoms with Gasteiger partial charge in [0.1, 0.15) is 5.65 Å². The summed E-state index contributed by atoms with van der Waals surface area (Å²) in [4.78, 5) is 18.3. The molecule has 21 heavy (non-hydrogen) atoms. The van der Waals surface area contributed by atoms with Crippen molar-refractivity contribution in [3.05, 3.63) is 59.9 Å². The molecular formula is C17H13N3O. The number of carbonyl (C=O) groups is 1. The Morgan fingerprint density at radius 1 is 1.14 bits per heavy atom. The second kappa shape index (κ2) is 5.51. The predicted octanol–water partition coefficient (Wildman–Crippen LogP) is 2.92. The van der Waals surface area contributed by atoms with E-state index >= 15 is 0 Å². The van der Waals surface area contributed by atoms with E-state index in [1.165, 1.54) is 6.92 Å². The molecule has 0 aliphatic carbocycles. The second-order valence-corrected chi connectivity index (χ2v) is 4.61. The molecule has 0 fully saturated rings. The number of pyridine rings is 1. The van der Waals surface area contributed by atoms with E-state index in [0.717, 1.165) is 27.8 Å². The maximum Gasteiger partial charge on any atom is 0.221 e. The van der Waals surface area contributed by atoms with Gasteiger partial charge in [-0.15, -0.1) is 0 Å². The largest absolute Gasteiger partial charge is 0.346 e.